The molecule has 0 N–H and O–H groups in total. The summed E-state index contributed by atoms with van der Waals surface area (Å²) in [5.74, 6) is 1.47. The van der Waals surface area contributed by atoms with Gasteiger partial charge in [0.15, 0.2) is 17.0 Å². The van der Waals surface area contributed by atoms with Crippen molar-refractivity contribution in [3.8, 4) is 11.8 Å². The Bertz CT molecular complexity index is 877. The number of rotatable bonds is 4. The van der Waals surface area contributed by atoms with Crippen molar-refractivity contribution in [2.24, 2.45) is 0 Å². The predicted octanol–water partition coefficient (Wildman–Crippen LogP) is 1.22. The lowest BCUT2D eigenvalue weighted by Gasteiger charge is -2.11. The van der Waals surface area contributed by atoms with Gasteiger partial charge in [0.05, 0.1) is 13.7 Å². The second-order valence-electron chi connectivity index (χ2n) is 5.14. The first kappa shape index (κ1) is 14.7. The zero-order chi connectivity index (χ0) is 16.4. The summed E-state index contributed by atoms with van der Waals surface area (Å²) in [5, 5.41) is 17.4. The van der Waals surface area contributed by atoms with E-state index in [0.29, 0.717) is 23.5 Å². The van der Waals surface area contributed by atoms with E-state index in [4.69, 9.17) is 10.00 Å². The SMILES string of the molecule is COc1ccc(Cn2nnc3c(N(C)C)nc(C#N)nc32)cc1. The van der Waals surface area contributed by atoms with Gasteiger partial charge in [0.25, 0.3) is 0 Å². The number of methoxy groups -OCH3 is 1. The van der Waals surface area contributed by atoms with Crippen molar-refractivity contribution < 1.29 is 4.74 Å². The Kier molecular flexibility index (Phi) is 3.76. The summed E-state index contributed by atoms with van der Waals surface area (Å²) in [7, 11) is 5.31. The highest BCUT2D eigenvalue weighted by atomic mass is 16.5. The lowest BCUT2D eigenvalue weighted by atomic mass is 10.2. The molecule has 23 heavy (non-hydrogen) atoms. The van der Waals surface area contributed by atoms with Crippen molar-refractivity contribution in [3.05, 3.63) is 35.7 Å². The van der Waals surface area contributed by atoms with Gasteiger partial charge in [-0.2, -0.15) is 15.2 Å². The first-order valence-electron chi connectivity index (χ1n) is 6.94. The van der Waals surface area contributed by atoms with Crippen molar-refractivity contribution in [3.63, 3.8) is 0 Å². The van der Waals surface area contributed by atoms with Crippen LogP contribution in [-0.4, -0.2) is 46.2 Å². The summed E-state index contributed by atoms with van der Waals surface area (Å²) < 4.78 is 6.81. The van der Waals surface area contributed by atoms with E-state index in [-0.39, 0.29) is 5.82 Å². The summed E-state index contributed by atoms with van der Waals surface area (Å²) in [6.07, 6.45) is 0. The van der Waals surface area contributed by atoms with Crippen molar-refractivity contribution in [2.75, 3.05) is 26.1 Å². The Morgan fingerprint density at radius 3 is 2.57 bits per heavy atom. The first-order valence-corrected chi connectivity index (χ1v) is 6.94. The van der Waals surface area contributed by atoms with Crippen molar-refractivity contribution in [1.29, 1.82) is 5.26 Å². The minimum absolute atomic E-state index is 0.0967. The second kappa shape index (κ2) is 5.88. The fourth-order valence-corrected chi connectivity index (χ4v) is 2.21. The third-order valence-corrected chi connectivity index (χ3v) is 3.36. The fourth-order valence-electron chi connectivity index (χ4n) is 2.21. The molecule has 3 aromatic rings. The van der Waals surface area contributed by atoms with Gasteiger partial charge in [-0.25, -0.2) is 4.68 Å². The maximum atomic E-state index is 9.12. The molecule has 0 fully saturated rings. The molecule has 1 aromatic carbocycles. The van der Waals surface area contributed by atoms with E-state index >= 15 is 0 Å². The molecule has 0 saturated carbocycles. The number of hydrogen-bond acceptors (Lipinski definition) is 7. The molecular formula is C15H15N7O. The van der Waals surface area contributed by atoms with Crippen LogP contribution in [0.5, 0.6) is 5.75 Å². The van der Waals surface area contributed by atoms with Crippen LogP contribution >= 0.6 is 0 Å². The summed E-state index contributed by atoms with van der Waals surface area (Å²) >= 11 is 0. The molecule has 0 amide bonds. The Balaban J connectivity index is 2.04. The van der Waals surface area contributed by atoms with Crippen LogP contribution in [0.15, 0.2) is 24.3 Å². The Morgan fingerprint density at radius 1 is 1.22 bits per heavy atom. The van der Waals surface area contributed by atoms with Crippen molar-refractivity contribution in [1.82, 2.24) is 25.0 Å². The molecule has 0 atom stereocenters. The predicted molar refractivity (Wildman–Crippen MR) is 84.3 cm³/mol. The van der Waals surface area contributed by atoms with E-state index in [1.807, 2.05) is 44.4 Å². The third kappa shape index (κ3) is 2.76. The maximum Gasteiger partial charge on any atom is 0.236 e. The zero-order valence-electron chi connectivity index (χ0n) is 13.1. The van der Waals surface area contributed by atoms with Gasteiger partial charge in [0, 0.05) is 14.1 Å². The highest BCUT2D eigenvalue weighted by Crippen LogP contribution is 2.21. The number of anilines is 1. The van der Waals surface area contributed by atoms with E-state index in [0.717, 1.165) is 11.3 Å². The average molecular weight is 309 g/mol. The molecule has 2 heterocycles. The minimum Gasteiger partial charge on any atom is -0.497 e. The van der Waals surface area contributed by atoms with E-state index in [9.17, 15) is 0 Å². The molecular weight excluding hydrogens is 294 g/mol. The second-order valence-corrected chi connectivity index (χ2v) is 5.14. The quantitative estimate of drug-likeness (QED) is 0.715. The number of nitrogens with zero attached hydrogens (tertiary/aromatic N) is 7. The van der Waals surface area contributed by atoms with Gasteiger partial charge in [-0.15, -0.1) is 5.10 Å². The van der Waals surface area contributed by atoms with Gasteiger partial charge < -0.3 is 9.64 Å². The van der Waals surface area contributed by atoms with Gasteiger partial charge >= 0.3 is 0 Å². The highest BCUT2D eigenvalue weighted by Gasteiger charge is 2.16. The molecule has 2 aromatic heterocycles. The number of aromatic nitrogens is 5. The van der Waals surface area contributed by atoms with Crippen LogP contribution in [0.1, 0.15) is 11.4 Å². The standard InChI is InChI=1S/C15H15N7O/c1-21(2)14-13-15(18-12(8-16)17-14)22(20-19-13)9-10-4-6-11(23-3)7-5-10/h4-7H,9H2,1-3H3. The molecule has 0 bridgehead atoms. The van der Waals surface area contributed by atoms with E-state index in [1.165, 1.54) is 0 Å². The van der Waals surface area contributed by atoms with Crippen LogP contribution < -0.4 is 9.64 Å². The molecule has 0 saturated heterocycles. The highest BCUT2D eigenvalue weighted by molar-refractivity contribution is 5.83. The summed E-state index contributed by atoms with van der Waals surface area (Å²) in [6, 6.07) is 9.64. The average Bonchev–Trinajstić information content (AvgIpc) is 2.97. The number of fused-ring (bicyclic) bond motifs is 1. The molecule has 0 aliphatic rings. The first-order chi connectivity index (χ1) is 11.1. The molecule has 0 unspecified atom stereocenters. The smallest absolute Gasteiger partial charge is 0.236 e. The van der Waals surface area contributed by atoms with Crippen molar-refractivity contribution in [2.45, 2.75) is 6.54 Å². The van der Waals surface area contributed by atoms with E-state index in [1.54, 1.807) is 16.7 Å². The molecule has 8 heteroatoms. The number of nitriles is 1. The Hall–Kier alpha value is -3.21. The van der Waals surface area contributed by atoms with Crippen LogP contribution in [0.2, 0.25) is 0 Å². The number of hydrogen-bond donors (Lipinski definition) is 0. The number of benzene rings is 1. The number of ether oxygens (including phenoxy) is 1. The van der Waals surface area contributed by atoms with Crippen LogP contribution in [0.25, 0.3) is 11.2 Å². The largest absolute Gasteiger partial charge is 0.497 e. The van der Waals surface area contributed by atoms with E-state index in [2.05, 4.69) is 20.3 Å². The van der Waals surface area contributed by atoms with Gasteiger partial charge in [-0.05, 0) is 17.7 Å². The minimum atomic E-state index is 0.0967. The van der Waals surface area contributed by atoms with E-state index < -0.39 is 0 Å². The fraction of sp³-hybridized carbons (Fsp3) is 0.267. The van der Waals surface area contributed by atoms with Crippen LogP contribution in [0.3, 0.4) is 0 Å². The molecule has 0 aliphatic carbocycles. The van der Waals surface area contributed by atoms with Crippen LogP contribution in [0, 0.1) is 11.3 Å². The van der Waals surface area contributed by atoms with Crippen LogP contribution in [0.4, 0.5) is 5.82 Å². The van der Waals surface area contributed by atoms with Gasteiger partial charge in [-0.1, -0.05) is 17.3 Å². The van der Waals surface area contributed by atoms with Crippen molar-refractivity contribution >= 4 is 17.0 Å². The van der Waals surface area contributed by atoms with Crippen LogP contribution in [-0.2, 0) is 6.54 Å². The zero-order valence-corrected chi connectivity index (χ0v) is 13.1. The Morgan fingerprint density at radius 2 is 1.96 bits per heavy atom. The monoisotopic (exact) mass is 309 g/mol. The molecule has 0 aliphatic heterocycles. The molecule has 8 nitrogen and oxygen atoms in total. The third-order valence-electron chi connectivity index (χ3n) is 3.36. The Labute approximate surface area is 132 Å². The normalized spacial score (nSPS) is 10.5. The van der Waals surface area contributed by atoms with Gasteiger partial charge in [0.1, 0.15) is 11.8 Å². The molecule has 116 valence electrons. The lowest BCUT2D eigenvalue weighted by molar-refractivity contribution is 0.414. The molecule has 0 spiro atoms. The molecule has 0 radical (unpaired) electrons. The summed E-state index contributed by atoms with van der Waals surface area (Å²) in [5.41, 5.74) is 2.14. The summed E-state index contributed by atoms with van der Waals surface area (Å²) in [4.78, 5) is 10.2. The topological polar surface area (TPSA) is 92.8 Å². The lowest BCUT2D eigenvalue weighted by Crippen LogP contribution is -2.13. The van der Waals surface area contributed by atoms with Gasteiger partial charge in [-0.3, -0.25) is 0 Å². The maximum absolute atomic E-state index is 9.12. The van der Waals surface area contributed by atoms with Gasteiger partial charge in [0.2, 0.25) is 5.82 Å². The molecule has 3 rings (SSSR count). The summed E-state index contributed by atoms with van der Waals surface area (Å²) in [6.45, 7) is 0.495.